The van der Waals surface area contributed by atoms with E-state index in [0.717, 1.165) is 17.7 Å². The average Bonchev–Trinajstić information content (AvgIpc) is 3.27. The first-order chi connectivity index (χ1) is 11.5. The summed E-state index contributed by atoms with van der Waals surface area (Å²) >= 11 is 7.29. The van der Waals surface area contributed by atoms with Crippen LogP contribution in [-0.4, -0.2) is 23.5 Å². The van der Waals surface area contributed by atoms with E-state index in [9.17, 15) is 14.7 Å². The molecular formula is C17H17ClN2O3S. The summed E-state index contributed by atoms with van der Waals surface area (Å²) in [6, 6.07) is 10.3. The maximum Gasteiger partial charge on any atom is 0.313 e. The predicted octanol–water partition coefficient (Wildman–Crippen LogP) is 2.75. The van der Waals surface area contributed by atoms with Crippen molar-refractivity contribution in [3.8, 4) is 0 Å². The van der Waals surface area contributed by atoms with Gasteiger partial charge in [0.05, 0.1) is 6.54 Å². The minimum atomic E-state index is -1.11. The van der Waals surface area contributed by atoms with Crippen LogP contribution in [0.15, 0.2) is 41.8 Å². The van der Waals surface area contributed by atoms with Crippen LogP contribution in [0.4, 0.5) is 5.69 Å². The van der Waals surface area contributed by atoms with Gasteiger partial charge in [-0.1, -0.05) is 23.7 Å². The lowest BCUT2D eigenvalue weighted by molar-refractivity contribution is -0.137. The van der Waals surface area contributed by atoms with E-state index in [1.807, 2.05) is 17.5 Å². The van der Waals surface area contributed by atoms with Gasteiger partial charge in [0.25, 0.3) is 0 Å². The smallest absolute Gasteiger partial charge is 0.313 e. The molecule has 0 spiro atoms. The Morgan fingerprint density at radius 1 is 1.25 bits per heavy atom. The molecule has 1 unspecified atom stereocenters. The number of carbonyl (C=O) groups excluding carboxylic acids is 2. The van der Waals surface area contributed by atoms with Crippen LogP contribution in [0, 0.1) is 5.92 Å². The summed E-state index contributed by atoms with van der Waals surface area (Å²) in [6.45, 7) is 0.0139. The number of nitrogens with one attached hydrogen (secondary N) is 2. The highest BCUT2D eigenvalue weighted by atomic mass is 35.5. The molecule has 1 aromatic carbocycles. The Bertz CT molecular complexity index is 746. The van der Waals surface area contributed by atoms with Crippen LogP contribution in [0.5, 0.6) is 0 Å². The van der Waals surface area contributed by atoms with Crippen LogP contribution in [0.25, 0.3) is 0 Å². The van der Waals surface area contributed by atoms with Gasteiger partial charge in [0.1, 0.15) is 5.60 Å². The van der Waals surface area contributed by atoms with Gasteiger partial charge in [-0.25, -0.2) is 0 Å². The molecule has 7 heteroatoms. The summed E-state index contributed by atoms with van der Waals surface area (Å²) in [5.74, 6) is -1.46. The van der Waals surface area contributed by atoms with Crippen LogP contribution >= 0.6 is 22.9 Å². The maximum atomic E-state index is 12.0. The Hall–Kier alpha value is -1.89. The van der Waals surface area contributed by atoms with Crippen molar-refractivity contribution in [3.63, 3.8) is 0 Å². The monoisotopic (exact) mass is 364 g/mol. The van der Waals surface area contributed by atoms with Gasteiger partial charge < -0.3 is 15.7 Å². The second-order valence-electron chi connectivity index (χ2n) is 5.82. The largest absolute Gasteiger partial charge is 0.382 e. The number of rotatable bonds is 5. The molecule has 1 atom stereocenters. The molecule has 0 aliphatic heterocycles. The van der Waals surface area contributed by atoms with Gasteiger partial charge in [0.15, 0.2) is 0 Å². The van der Waals surface area contributed by atoms with Gasteiger partial charge in [0.2, 0.25) is 0 Å². The molecule has 0 bridgehead atoms. The van der Waals surface area contributed by atoms with Crippen molar-refractivity contribution in [2.24, 2.45) is 5.92 Å². The van der Waals surface area contributed by atoms with Crippen molar-refractivity contribution < 1.29 is 14.7 Å². The first-order valence-corrected chi connectivity index (χ1v) is 8.86. The average molecular weight is 365 g/mol. The Labute approximate surface area is 148 Å². The van der Waals surface area contributed by atoms with Crippen LogP contribution in [0.3, 0.4) is 0 Å². The second-order valence-corrected chi connectivity index (χ2v) is 7.21. The van der Waals surface area contributed by atoms with Gasteiger partial charge in [-0.2, -0.15) is 0 Å². The van der Waals surface area contributed by atoms with Gasteiger partial charge in [-0.05, 0) is 48.4 Å². The number of hydrogen-bond acceptors (Lipinski definition) is 4. The highest BCUT2D eigenvalue weighted by Gasteiger charge is 2.46. The summed E-state index contributed by atoms with van der Waals surface area (Å²) in [7, 11) is 0. The Kier molecular flexibility index (Phi) is 4.89. The Morgan fingerprint density at radius 3 is 2.67 bits per heavy atom. The highest BCUT2D eigenvalue weighted by molar-refractivity contribution is 7.10. The van der Waals surface area contributed by atoms with E-state index in [4.69, 9.17) is 11.6 Å². The molecule has 24 heavy (non-hydrogen) atoms. The van der Waals surface area contributed by atoms with E-state index in [0.29, 0.717) is 10.7 Å². The van der Waals surface area contributed by atoms with E-state index in [2.05, 4.69) is 10.6 Å². The third-order valence-electron chi connectivity index (χ3n) is 4.01. The molecule has 2 amide bonds. The fourth-order valence-electron chi connectivity index (χ4n) is 2.57. The molecule has 5 nitrogen and oxygen atoms in total. The fraction of sp³-hybridized carbons (Fsp3) is 0.294. The van der Waals surface area contributed by atoms with E-state index in [-0.39, 0.29) is 12.5 Å². The molecule has 1 aromatic heterocycles. The van der Waals surface area contributed by atoms with Crippen molar-refractivity contribution >= 4 is 40.4 Å². The van der Waals surface area contributed by atoms with Gasteiger partial charge in [0, 0.05) is 15.6 Å². The number of halogens is 1. The van der Waals surface area contributed by atoms with E-state index in [1.165, 1.54) is 11.3 Å². The zero-order valence-corrected chi connectivity index (χ0v) is 14.4. The molecule has 126 valence electrons. The number of anilines is 1. The van der Waals surface area contributed by atoms with E-state index < -0.39 is 17.4 Å². The third-order valence-corrected chi connectivity index (χ3v) is 5.28. The first kappa shape index (κ1) is 17.0. The van der Waals surface area contributed by atoms with Crippen molar-refractivity contribution in [2.75, 3.05) is 11.9 Å². The number of carbonyl (C=O) groups is 2. The molecule has 3 N–H and O–H groups in total. The molecule has 3 rings (SSSR count). The fourth-order valence-corrected chi connectivity index (χ4v) is 3.66. The minimum Gasteiger partial charge on any atom is -0.382 e. The van der Waals surface area contributed by atoms with Crippen molar-refractivity contribution in [1.29, 1.82) is 0 Å². The third kappa shape index (κ3) is 3.77. The molecule has 1 aliphatic rings. The van der Waals surface area contributed by atoms with Crippen molar-refractivity contribution in [2.45, 2.75) is 18.4 Å². The van der Waals surface area contributed by atoms with Gasteiger partial charge in [-0.3, -0.25) is 9.59 Å². The normalized spacial score (nSPS) is 16.2. The lowest BCUT2D eigenvalue weighted by atomic mass is 9.95. The maximum absolute atomic E-state index is 12.0. The number of benzene rings is 1. The van der Waals surface area contributed by atoms with Crippen molar-refractivity contribution in [1.82, 2.24) is 5.32 Å². The molecular weight excluding hydrogens is 348 g/mol. The summed E-state index contributed by atoms with van der Waals surface area (Å²) in [6.07, 6.45) is 1.83. The Morgan fingerprint density at radius 2 is 2.04 bits per heavy atom. The number of aliphatic hydroxyl groups is 1. The molecule has 1 saturated carbocycles. The quantitative estimate of drug-likeness (QED) is 0.714. The van der Waals surface area contributed by atoms with Crippen LogP contribution < -0.4 is 10.6 Å². The molecule has 0 radical (unpaired) electrons. The van der Waals surface area contributed by atoms with Gasteiger partial charge in [-0.15, -0.1) is 11.3 Å². The Balaban J connectivity index is 1.61. The molecule has 0 saturated heterocycles. The minimum absolute atomic E-state index is 0.0139. The molecule has 1 aliphatic carbocycles. The van der Waals surface area contributed by atoms with Crippen molar-refractivity contribution in [3.05, 3.63) is 51.7 Å². The summed E-state index contributed by atoms with van der Waals surface area (Å²) in [5.41, 5.74) is -0.668. The number of thiophene rings is 1. The predicted molar refractivity (Wildman–Crippen MR) is 94.0 cm³/mol. The van der Waals surface area contributed by atoms with Crippen LogP contribution in [0.1, 0.15) is 17.7 Å². The van der Waals surface area contributed by atoms with E-state index in [1.54, 1.807) is 24.3 Å². The zero-order valence-electron chi connectivity index (χ0n) is 12.8. The summed E-state index contributed by atoms with van der Waals surface area (Å²) in [5, 5.41) is 18.3. The molecule has 2 aromatic rings. The lowest BCUT2D eigenvalue weighted by Gasteiger charge is -2.27. The number of hydrogen-bond donors (Lipinski definition) is 3. The topological polar surface area (TPSA) is 78.4 Å². The lowest BCUT2D eigenvalue weighted by Crippen LogP contribution is -2.45. The van der Waals surface area contributed by atoms with Crippen LogP contribution in [-0.2, 0) is 15.2 Å². The summed E-state index contributed by atoms with van der Waals surface area (Å²) in [4.78, 5) is 24.8. The second kappa shape index (κ2) is 6.93. The zero-order chi connectivity index (χ0) is 17.2. The molecule has 1 heterocycles. The first-order valence-electron chi connectivity index (χ1n) is 7.60. The van der Waals surface area contributed by atoms with E-state index >= 15 is 0 Å². The highest BCUT2D eigenvalue weighted by Crippen LogP contribution is 2.46. The van der Waals surface area contributed by atoms with Gasteiger partial charge >= 0.3 is 11.8 Å². The summed E-state index contributed by atoms with van der Waals surface area (Å²) < 4.78 is 0. The standard InChI is InChI=1S/C17H17ClN2O3S/c18-12-3-1-4-13(9-12)20-16(22)15(21)19-10-17(23,11-6-7-11)14-5-2-8-24-14/h1-5,8-9,11,23H,6-7,10H2,(H,19,21)(H,20,22). The number of amides is 2. The van der Waals surface area contributed by atoms with Crippen LogP contribution in [0.2, 0.25) is 5.02 Å². The molecule has 1 fully saturated rings. The SMILES string of the molecule is O=C(NCC(O)(c1cccs1)C1CC1)C(=O)Nc1cccc(Cl)c1.